The quantitative estimate of drug-likeness (QED) is 0.405. The van der Waals surface area contributed by atoms with Gasteiger partial charge in [0.05, 0.1) is 12.7 Å². The van der Waals surface area contributed by atoms with Gasteiger partial charge < -0.3 is 24.1 Å². The molecule has 0 saturated heterocycles. The molecule has 2 heterocycles. The Morgan fingerprint density at radius 2 is 2.00 bits per heavy atom. The normalized spacial score (nSPS) is 13.3. The van der Waals surface area contributed by atoms with Gasteiger partial charge >= 0.3 is 0 Å². The van der Waals surface area contributed by atoms with Crippen molar-refractivity contribution in [3.05, 3.63) is 41.6 Å². The summed E-state index contributed by atoms with van der Waals surface area (Å²) in [6.45, 7) is 7.75. The average Bonchev–Trinajstić information content (AvgIpc) is 3.23. The maximum atomic E-state index is 5.81. The molecule has 7 nitrogen and oxygen atoms in total. The van der Waals surface area contributed by atoms with Crippen LogP contribution in [-0.2, 0) is 18.5 Å². The van der Waals surface area contributed by atoms with Crippen molar-refractivity contribution in [3.8, 4) is 11.5 Å². The number of rotatable bonds is 4. The summed E-state index contributed by atoms with van der Waals surface area (Å²) in [6.07, 6.45) is 1.79. The molecule has 0 radical (unpaired) electrons. The summed E-state index contributed by atoms with van der Waals surface area (Å²) in [6, 6.07) is 5.96. The van der Waals surface area contributed by atoms with Crippen LogP contribution in [0.25, 0.3) is 0 Å². The van der Waals surface area contributed by atoms with Crippen molar-refractivity contribution in [1.29, 1.82) is 0 Å². The number of aromatic nitrogens is 1. The number of halogens is 1. The Balaban J connectivity index is 0.00000261. The Hall–Kier alpha value is -1.97. The second-order valence-electron chi connectivity index (χ2n) is 7.31. The van der Waals surface area contributed by atoms with Crippen molar-refractivity contribution in [1.82, 2.24) is 15.2 Å². The van der Waals surface area contributed by atoms with Gasteiger partial charge in [-0.05, 0) is 17.7 Å². The van der Waals surface area contributed by atoms with Gasteiger partial charge in [-0.3, -0.25) is 4.99 Å². The van der Waals surface area contributed by atoms with Crippen LogP contribution >= 0.6 is 24.0 Å². The summed E-state index contributed by atoms with van der Waals surface area (Å²) in [5, 5.41) is 3.29. The molecule has 3 rings (SSSR count). The van der Waals surface area contributed by atoms with Crippen molar-refractivity contribution in [2.75, 3.05) is 20.9 Å². The number of guanidine groups is 1. The van der Waals surface area contributed by atoms with Crippen LogP contribution < -0.4 is 14.8 Å². The van der Waals surface area contributed by atoms with Gasteiger partial charge in [0.1, 0.15) is 5.76 Å². The third-order valence-corrected chi connectivity index (χ3v) is 4.12. The molecule has 0 atom stereocenters. The van der Waals surface area contributed by atoms with E-state index in [9.17, 15) is 0 Å². The van der Waals surface area contributed by atoms with E-state index in [2.05, 4.69) is 36.1 Å². The number of nitrogens with zero attached hydrogens (tertiary/aromatic N) is 3. The third kappa shape index (κ3) is 5.27. The monoisotopic (exact) mass is 486 g/mol. The molecule has 0 amide bonds. The summed E-state index contributed by atoms with van der Waals surface area (Å²) in [7, 11) is 3.74. The number of oxazole rings is 1. The molecule has 148 valence electrons. The van der Waals surface area contributed by atoms with Crippen LogP contribution in [0.3, 0.4) is 0 Å². The third-order valence-electron chi connectivity index (χ3n) is 4.12. The highest BCUT2D eigenvalue weighted by molar-refractivity contribution is 14.0. The van der Waals surface area contributed by atoms with E-state index in [0.717, 1.165) is 28.8 Å². The first-order valence-electron chi connectivity index (χ1n) is 8.62. The first kappa shape index (κ1) is 21.3. The van der Waals surface area contributed by atoms with E-state index in [4.69, 9.17) is 13.9 Å². The molecule has 0 unspecified atom stereocenters. The standard InChI is InChI=1S/C19H26N4O3.HI/c1-19(2,3)16-9-21-17(26-16)10-22-18(20-4)23(5)11-13-6-7-14-15(8-13)25-12-24-14;/h6-9H,10-12H2,1-5H3,(H,20,22);1H. The molecule has 0 fully saturated rings. The highest BCUT2D eigenvalue weighted by Crippen LogP contribution is 2.32. The number of hydrogen-bond donors (Lipinski definition) is 1. The van der Waals surface area contributed by atoms with Gasteiger partial charge in [-0.15, -0.1) is 24.0 Å². The van der Waals surface area contributed by atoms with E-state index in [0.29, 0.717) is 19.0 Å². The minimum Gasteiger partial charge on any atom is -0.454 e. The molecule has 1 aliphatic rings. The van der Waals surface area contributed by atoms with Gasteiger partial charge in [0, 0.05) is 26.1 Å². The topological polar surface area (TPSA) is 72.1 Å². The first-order chi connectivity index (χ1) is 12.4. The average molecular weight is 486 g/mol. The number of benzene rings is 1. The maximum absolute atomic E-state index is 5.81. The van der Waals surface area contributed by atoms with E-state index in [1.165, 1.54) is 0 Å². The van der Waals surface area contributed by atoms with Crippen LogP contribution in [0.15, 0.2) is 33.8 Å². The van der Waals surface area contributed by atoms with Gasteiger partial charge in [-0.25, -0.2) is 4.98 Å². The molecule has 8 heteroatoms. The van der Waals surface area contributed by atoms with Gasteiger partial charge in [0.25, 0.3) is 0 Å². The molecular formula is C19H27IN4O3. The van der Waals surface area contributed by atoms with Crippen molar-refractivity contribution in [2.45, 2.75) is 39.3 Å². The van der Waals surface area contributed by atoms with Crippen LogP contribution in [0.4, 0.5) is 0 Å². The molecular weight excluding hydrogens is 459 g/mol. The number of ether oxygens (including phenoxy) is 2. The Morgan fingerprint density at radius 1 is 1.26 bits per heavy atom. The lowest BCUT2D eigenvalue weighted by molar-refractivity contribution is 0.174. The lowest BCUT2D eigenvalue weighted by Gasteiger charge is -2.21. The Morgan fingerprint density at radius 3 is 2.67 bits per heavy atom. The smallest absolute Gasteiger partial charge is 0.231 e. The molecule has 2 aromatic rings. The van der Waals surface area contributed by atoms with Crippen LogP contribution in [-0.4, -0.2) is 36.7 Å². The predicted molar refractivity (Wildman–Crippen MR) is 115 cm³/mol. The van der Waals surface area contributed by atoms with E-state index in [1.54, 1.807) is 13.2 Å². The molecule has 1 aromatic carbocycles. The van der Waals surface area contributed by atoms with Crippen LogP contribution in [0, 0.1) is 0 Å². The van der Waals surface area contributed by atoms with E-state index in [-0.39, 0.29) is 36.2 Å². The minimum atomic E-state index is -0.0525. The van der Waals surface area contributed by atoms with Crippen molar-refractivity contribution in [2.24, 2.45) is 4.99 Å². The molecule has 1 aromatic heterocycles. The minimum absolute atomic E-state index is 0. The fourth-order valence-electron chi connectivity index (χ4n) is 2.67. The van der Waals surface area contributed by atoms with Crippen LogP contribution in [0.1, 0.15) is 38.0 Å². The van der Waals surface area contributed by atoms with E-state index >= 15 is 0 Å². The number of nitrogens with one attached hydrogen (secondary N) is 1. The Bertz CT molecular complexity index is 798. The second kappa shape index (κ2) is 8.81. The molecule has 0 spiro atoms. The number of aliphatic imine (C=N–C) groups is 1. The van der Waals surface area contributed by atoms with Crippen LogP contribution in [0.2, 0.25) is 0 Å². The summed E-state index contributed by atoms with van der Waals surface area (Å²) in [5.41, 5.74) is 1.06. The largest absolute Gasteiger partial charge is 0.454 e. The lowest BCUT2D eigenvalue weighted by atomic mass is 9.94. The summed E-state index contributed by atoms with van der Waals surface area (Å²) >= 11 is 0. The molecule has 0 saturated carbocycles. The first-order valence-corrected chi connectivity index (χ1v) is 8.62. The molecule has 1 N–H and O–H groups in total. The Kier molecular flexibility index (Phi) is 6.96. The summed E-state index contributed by atoms with van der Waals surface area (Å²) in [4.78, 5) is 10.7. The molecule has 27 heavy (non-hydrogen) atoms. The zero-order valence-corrected chi connectivity index (χ0v) is 18.7. The lowest BCUT2D eigenvalue weighted by Crippen LogP contribution is -2.38. The predicted octanol–water partition coefficient (Wildman–Crippen LogP) is 3.53. The van der Waals surface area contributed by atoms with Gasteiger partial charge in [-0.2, -0.15) is 0 Å². The zero-order valence-electron chi connectivity index (χ0n) is 16.4. The van der Waals surface area contributed by atoms with E-state index in [1.807, 2.05) is 30.1 Å². The fraction of sp³-hybridized carbons (Fsp3) is 0.474. The second-order valence-corrected chi connectivity index (χ2v) is 7.31. The highest BCUT2D eigenvalue weighted by Gasteiger charge is 2.19. The highest BCUT2D eigenvalue weighted by atomic mass is 127. The number of hydrogen-bond acceptors (Lipinski definition) is 5. The number of fused-ring (bicyclic) bond motifs is 1. The van der Waals surface area contributed by atoms with Crippen molar-refractivity contribution < 1.29 is 13.9 Å². The molecule has 0 aliphatic carbocycles. The summed E-state index contributed by atoms with van der Waals surface area (Å²) in [5.74, 6) is 3.86. The SMILES string of the molecule is CN=C(NCc1ncc(C(C)(C)C)o1)N(C)Cc1ccc2c(c1)OCO2.I. The zero-order chi connectivity index (χ0) is 18.7. The van der Waals surface area contributed by atoms with Gasteiger partial charge in [0.2, 0.25) is 12.7 Å². The molecule has 1 aliphatic heterocycles. The summed E-state index contributed by atoms with van der Waals surface area (Å²) < 4.78 is 16.6. The van der Waals surface area contributed by atoms with Gasteiger partial charge in [-0.1, -0.05) is 26.8 Å². The van der Waals surface area contributed by atoms with Gasteiger partial charge in [0.15, 0.2) is 17.5 Å². The van der Waals surface area contributed by atoms with Crippen molar-refractivity contribution >= 4 is 29.9 Å². The van der Waals surface area contributed by atoms with E-state index < -0.39 is 0 Å². The van der Waals surface area contributed by atoms with Crippen molar-refractivity contribution in [3.63, 3.8) is 0 Å². The maximum Gasteiger partial charge on any atom is 0.231 e. The Labute approximate surface area is 177 Å². The fourth-order valence-corrected chi connectivity index (χ4v) is 2.67. The molecule has 0 bridgehead atoms. The van der Waals surface area contributed by atoms with Crippen LogP contribution in [0.5, 0.6) is 11.5 Å².